The molecule has 0 aromatic heterocycles. The molecule has 0 radical (unpaired) electrons. The summed E-state index contributed by atoms with van der Waals surface area (Å²) < 4.78 is 0. The lowest BCUT2D eigenvalue weighted by atomic mass is 10.1. The Kier molecular flexibility index (Phi) is 6.32. The fourth-order valence-corrected chi connectivity index (χ4v) is 3.11. The second-order valence-corrected chi connectivity index (χ2v) is 7.58. The molecule has 138 valence electrons. The largest absolute Gasteiger partial charge is 0.274 e. The molecule has 0 aliphatic rings. The lowest BCUT2D eigenvalue weighted by Crippen LogP contribution is -2.58. The minimum Gasteiger partial charge on any atom is -0.267 e. The molecule has 0 spiro atoms. The third-order valence-corrected chi connectivity index (χ3v) is 4.47. The summed E-state index contributed by atoms with van der Waals surface area (Å²) in [5.74, 6) is -0.682. The van der Waals surface area contributed by atoms with E-state index in [9.17, 15) is 9.59 Å². The fraction of sp³-hybridized carbons (Fsp3) is 0.300. The van der Waals surface area contributed by atoms with Crippen LogP contribution in [0.3, 0.4) is 0 Å². The topological polar surface area (TPSA) is 40.6 Å². The second-order valence-electron chi connectivity index (χ2n) is 6.77. The van der Waals surface area contributed by atoms with Crippen LogP contribution in [-0.4, -0.2) is 33.9 Å². The van der Waals surface area contributed by atoms with Crippen molar-refractivity contribution in [2.45, 2.75) is 33.2 Å². The molecule has 0 atom stereocenters. The van der Waals surface area contributed by atoms with Gasteiger partial charge in [0, 0.05) is 6.54 Å². The van der Waals surface area contributed by atoms with Gasteiger partial charge in [-0.3, -0.25) is 9.59 Å². The molecule has 0 saturated carbocycles. The van der Waals surface area contributed by atoms with Crippen LogP contribution in [0, 0.1) is 0 Å². The predicted molar refractivity (Wildman–Crippen MR) is 106 cm³/mol. The molecule has 0 aliphatic carbocycles. The highest BCUT2D eigenvalue weighted by atomic mass is 35.5. The molecule has 6 heteroatoms. The van der Waals surface area contributed by atoms with Crippen LogP contribution in [0.4, 0.5) is 0 Å². The Morgan fingerprint density at radius 2 is 1.27 bits per heavy atom. The van der Waals surface area contributed by atoms with Crippen LogP contribution >= 0.6 is 23.2 Å². The van der Waals surface area contributed by atoms with Crippen LogP contribution in [0.15, 0.2) is 48.5 Å². The van der Waals surface area contributed by atoms with Gasteiger partial charge < -0.3 is 0 Å². The molecule has 0 saturated heterocycles. The number of carbonyl (C=O) groups excluding carboxylic acids is 2. The normalized spacial score (nSPS) is 11.2. The summed E-state index contributed by atoms with van der Waals surface area (Å²) in [5, 5.41) is 3.54. The Morgan fingerprint density at radius 3 is 1.65 bits per heavy atom. The molecule has 2 rings (SSSR count). The summed E-state index contributed by atoms with van der Waals surface area (Å²) in [7, 11) is 0. The number of halogens is 2. The van der Waals surface area contributed by atoms with E-state index in [1.165, 1.54) is 10.0 Å². The molecule has 0 heterocycles. The molecule has 0 fully saturated rings. The number of hydrogen-bond acceptors (Lipinski definition) is 2. The van der Waals surface area contributed by atoms with E-state index in [0.717, 1.165) is 0 Å². The van der Waals surface area contributed by atoms with Gasteiger partial charge in [-0.1, -0.05) is 47.5 Å². The summed E-state index contributed by atoms with van der Waals surface area (Å²) in [6.45, 7) is 7.71. The van der Waals surface area contributed by atoms with Gasteiger partial charge in [0.15, 0.2) is 0 Å². The predicted octanol–water partition coefficient (Wildman–Crippen LogP) is 5.31. The van der Waals surface area contributed by atoms with E-state index >= 15 is 0 Å². The van der Waals surface area contributed by atoms with Crippen molar-refractivity contribution in [1.29, 1.82) is 0 Å². The van der Waals surface area contributed by atoms with E-state index in [2.05, 4.69) is 0 Å². The van der Waals surface area contributed by atoms with E-state index in [-0.39, 0.29) is 11.8 Å². The number of rotatable bonds is 3. The maximum absolute atomic E-state index is 13.2. The highest BCUT2D eigenvalue weighted by molar-refractivity contribution is 6.34. The van der Waals surface area contributed by atoms with Crippen LogP contribution in [0.2, 0.25) is 10.0 Å². The first-order chi connectivity index (χ1) is 12.2. The molecule has 2 aromatic carbocycles. The third kappa shape index (κ3) is 4.19. The lowest BCUT2D eigenvalue weighted by Gasteiger charge is -2.43. The van der Waals surface area contributed by atoms with Crippen LogP contribution < -0.4 is 0 Å². The van der Waals surface area contributed by atoms with Crippen molar-refractivity contribution in [3.05, 3.63) is 69.7 Å². The summed E-state index contributed by atoms with van der Waals surface area (Å²) in [4.78, 5) is 26.4. The number of benzene rings is 2. The Bertz CT molecular complexity index is 815. The van der Waals surface area contributed by atoms with Crippen LogP contribution in [0.5, 0.6) is 0 Å². The van der Waals surface area contributed by atoms with Crippen molar-refractivity contribution in [2.75, 3.05) is 6.54 Å². The van der Waals surface area contributed by atoms with Crippen molar-refractivity contribution in [2.24, 2.45) is 0 Å². The molecule has 26 heavy (non-hydrogen) atoms. The highest BCUT2D eigenvalue weighted by Crippen LogP contribution is 2.26. The molecule has 0 bridgehead atoms. The van der Waals surface area contributed by atoms with Crippen molar-refractivity contribution in [3.63, 3.8) is 0 Å². The van der Waals surface area contributed by atoms with Crippen LogP contribution in [0.25, 0.3) is 0 Å². The van der Waals surface area contributed by atoms with Gasteiger partial charge >= 0.3 is 0 Å². The van der Waals surface area contributed by atoms with Gasteiger partial charge in [0.25, 0.3) is 11.8 Å². The number of hydrogen-bond donors (Lipinski definition) is 0. The maximum atomic E-state index is 13.2. The number of hydrazine groups is 1. The maximum Gasteiger partial charge on any atom is 0.274 e. The summed E-state index contributed by atoms with van der Waals surface area (Å²) in [6.07, 6.45) is 0. The van der Waals surface area contributed by atoms with Gasteiger partial charge in [0.1, 0.15) is 0 Å². The van der Waals surface area contributed by atoms with E-state index in [1.54, 1.807) is 48.5 Å². The van der Waals surface area contributed by atoms with Crippen molar-refractivity contribution in [3.8, 4) is 0 Å². The van der Waals surface area contributed by atoms with Crippen molar-refractivity contribution < 1.29 is 9.59 Å². The first-order valence-corrected chi connectivity index (χ1v) is 9.09. The van der Waals surface area contributed by atoms with E-state index in [0.29, 0.717) is 27.7 Å². The van der Waals surface area contributed by atoms with Crippen LogP contribution in [-0.2, 0) is 0 Å². The molecule has 4 nitrogen and oxygen atoms in total. The molecule has 2 aromatic rings. The Hall–Kier alpha value is -2.04. The monoisotopic (exact) mass is 392 g/mol. The number of nitrogens with zero attached hydrogens (tertiary/aromatic N) is 2. The van der Waals surface area contributed by atoms with E-state index in [4.69, 9.17) is 23.2 Å². The third-order valence-electron chi connectivity index (χ3n) is 3.81. The van der Waals surface area contributed by atoms with Crippen LogP contribution in [0.1, 0.15) is 48.4 Å². The minimum absolute atomic E-state index is 0.303. The quantitative estimate of drug-likeness (QED) is 0.663. The van der Waals surface area contributed by atoms with Gasteiger partial charge in [-0.05, 0) is 52.0 Å². The lowest BCUT2D eigenvalue weighted by molar-refractivity contribution is -0.0410. The number of carbonyl (C=O) groups is 2. The molecule has 0 aliphatic heterocycles. The smallest absolute Gasteiger partial charge is 0.267 e. The zero-order chi connectivity index (χ0) is 19.5. The highest BCUT2D eigenvalue weighted by Gasteiger charge is 2.36. The van der Waals surface area contributed by atoms with Gasteiger partial charge in [0.05, 0.1) is 26.7 Å². The zero-order valence-electron chi connectivity index (χ0n) is 15.3. The summed E-state index contributed by atoms with van der Waals surface area (Å²) in [6, 6.07) is 13.6. The van der Waals surface area contributed by atoms with Gasteiger partial charge in [0.2, 0.25) is 0 Å². The van der Waals surface area contributed by atoms with E-state index in [1.807, 2.05) is 27.7 Å². The van der Waals surface area contributed by atoms with Gasteiger partial charge in [-0.2, -0.15) is 0 Å². The van der Waals surface area contributed by atoms with Crippen molar-refractivity contribution >= 4 is 35.0 Å². The zero-order valence-corrected chi connectivity index (χ0v) is 16.8. The first-order valence-electron chi connectivity index (χ1n) is 8.34. The molecule has 2 amide bonds. The van der Waals surface area contributed by atoms with Crippen molar-refractivity contribution in [1.82, 2.24) is 10.0 Å². The molecular formula is C20H22Cl2N2O2. The fourth-order valence-electron chi connectivity index (χ4n) is 2.67. The SMILES string of the molecule is CCN(C(=O)c1ccccc1Cl)N(C(=O)c1ccccc1Cl)C(C)(C)C. The minimum atomic E-state index is -0.650. The summed E-state index contributed by atoms with van der Waals surface area (Å²) in [5.41, 5.74) is 0.0372. The van der Waals surface area contributed by atoms with Gasteiger partial charge in [-0.15, -0.1) is 0 Å². The Labute approximate surface area is 164 Å². The Morgan fingerprint density at radius 1 is 0.846 bits per heavy atom. The Balaban J connectivity index is 2.51. The second kappa shape index (κ2) is 8.11. The standard InChI is InChI=1S/C20H22Cl2N2O2/c1-5-23(18(25)14-10-6-8-12-16(14)21)24(20(2,3)4)19(26)15-11-7-9-13-17(15)22/h6-13H,5H2,1-4H3. The molecule has 0 N–H and O–H groups in total. The average Bonchev–Trinajstić information content (AvgIpc) is 2.58. The summed E-state index contributed by atoms with van der Waals surface area (Å²) >= 11 is 12.4. The molecular weight excluding hydrogens is 371 g/mol. The first kappa shape index (κ1) is 20.3. The van der Waals surface area contributed by atoms with Gasteiger partial charge in [-0.25, -0.2) is 10.0 Å². The number of amides is 2. The average molecular weight is 393 g/mol. The molecule has 0 unspecified atom stereocenters. The van der Waals surface area contributed by atoms with E-state index < -0.39 is 5.54 Å².